The quantitative estimate of drug-likeness (QED) is 0.469. The zero-order valence-corrected chi connectivity index (χ0v) is 26.8. The van der Waals surface area contributed by atoms with E-state index < -0.39 is 33.6 Å². The van der Waals surface area contributed by atoms with Gasteiger partial charge in [0.05, 0.1) is 11.5 Å². The number of carbonyl (C=O) groups excluding carboxylic acids is 2. The molecule has 46 heavy (non-hydrogen) atoms. The van der Waals surface area contributed by atoms with Crippen LogP contribution in [0.4, 0.5) is 35.4 Å². The molecule has 4 aliphatic rings. The molecule has 15 heteroatoms. The summed E-state index contributed by atoms with van der Waals surface area (Å²) in [4.78, 5) is 41.4. The molecule has 2 saturated heterocycles. The summed E-state index contributed by atoms with van der Waals surface area (Å²) >= 11 is 0. The maximum absolute atomic E-state index is 13.6. The number of hydrogen-bond acceptors (Lipinski definition) is 8. The highest BCUT2D eigenvalue weighted by atomic mass is 32.2. The van der Waals surface area contributed by atoms with E-state index in [1.807, 2.05) is 4.90 Å². The number of fused-ring (bicyclic) bond motifs is 6. The molecule has 1 aliphatic carbocycles. The van der Waals surface area contributed by atoms with Crippen LogP contribution in [-0.2, 0) is 10.0 Å². The standard InChI is InChI=1S/C31H40F3N7O4S/c1-30(2)17-21-5-4-14-35-24-6-3-7-26(36-24)46(44,45)38-28(42)23-12-13-25(37-27(23)41(30)19-21)40-16-15-39(29(40)43)18-20-8-10-22(11-9-20)31(32,33)34/h3,6-7,12-13,20-22H,4-5,8-11,14-19H2,1-2H3,(H,35,36)(H,38,42)/t20?,21-,22?/m0/s1. The molecule has 0 spiro atoms. The van der Waals surface area contributed by atoms with Crippen molar-refractivity contribution in [1.82, 2.24) is 19.6 Å². The van der Waals surface area contributed by atoms with E-state index in [1.54, 1.807) is 23.1 Å². The van der Waals surface area contributed by atoms with Crippen molar-refractivity contribution in [1.29, 1.82) is 0 Å². The molecule has 3 amide bonds. The first kappa shape index (κ1) is 32.3. The second-order valence-electron chi connectivity index (χ2n) is 13.5. The van der Waals surface area contributed by atoms with E-state index in [2.05, 4.69) is 28.9 Å². The summed E-state index contributed by atoms with van der Waals surface area (Å²) in [7, 11) is -4.31. The van der Waals surface area contributed by atoms with Gasteiger partial charge in [0.2, 0.25) is 0 Å². The van der Waals surface area contributed by atoms with E-state index in [4.69, 9.17) is 4.98 Å². The summed E-state index contributed by atoms with van der Waals surface area (Å²) < 4.78 is 68.0. The van der Waals surface area contributed by atoms with Gasteiger partial charge in [-0.3, -0.25) is 9.69 Å². The van der Waals surface area contributed by atoms with Gasteiger partial charge in [0.15, 0.2) is 5.03 Å². The van der Waals surface area contributed by atoms with Crippen LogP contribution < -0.4 is 19.8 Å². The van der Waals surface area contributed by atoms with Crippen molar-refractivity contribution >= 4 is 39.4 Å². The van der Waals surface area contributed by atoms with Gasteiger partial charge in [0, 0.05) is 38.3 Å². The highest BCUT2D eigenvalue weighted by Gasteiger charge is 2.43. The Hall–Kier alpha value is -3.62. The number of carbonyl (C=O) groups is 2. The molecule has 4 bridgehead atoms. The van der Waals surface area contributed by atoms with Gasteiger partial charge in [-0.2, -0.15) is 21.6 Å². The smallest absolute Gasteiger partial charge is 0.370 e. The number of urea groups is 1. The van der Waals surface area contributed by atoms with Crippen molar-refractivity contribution in [2.75, 3.05) is 47.8 Å². The molecule has 11 nitrogen and oxygen atoms in total. The van der Waals surface area contributed by atoms with Crippen LogP contribution in [0.1, 0.15) is 69.2 Å². The van der Waals surface area contributed by atoms with E-state index in [9.17, 15) is 31.2 Å². The number of sulfonamides is 1. The van der Waals surface area contributed by atoms with Crippen molar-refractivity contribution in [3.05, 3.63) is 35.9 Å². The van der Waals surface area contributed by atoms with E-state index in [1.165, 1.54) is 17.0 Å². The summed E-state index contributed by atoms with van der Waals surface area (Å²) in [5, 5.41) is 2.89. The van der Waals surface area contributed by atoms with Crippen LogP contribution in [0.5, 0.6) is 0 Å². The number of nitrogens with zero attached hydrogens (tertiary/aromatic N) is 5. The van der Waals surface area contributed by atoms with Gasteiger partial charge in [-0.05, 0) is 94.9 Å². The Balaban J connectivity index is 1.27. The Bertz CT molecular complexity index is 1590. The molecule has 2 aromatic rings. The van der Waals surface area contributed by atoms with E-state index in [-0.39, 0.29) is 35.4 Å². The predicted octanol–water partition coefficient (Wildman–Crippen LogP) is 5.02. The predicted molar refractivity (Wildman–Crippen MR) is 166 cm³/mol. The summed E-state index contributed by atoms with van der Waals surface area (Å²) in [6.07, 6.45) is -0.617. The van der Waals surface area contributed by atoms with Crippen molar-refractivity contribution < 1.29 is 31.2 Å². The largest absolute Gasteiger partial charge is 0.391 e. The monoisotopic (exact) mass is 663 g/mol. The van der Waals surface area contributed by atoms with Crippen LogP contribution in [0.3, 0.4) is 0 Å². The molecule has 2 N–H and O–H groups in total. The lowest BCUT2D eigenvalue weighted by molar-refractivity contribution is -0.184. The van der Waals surface area contributed by atoms with Gasteiger partial charge in [0.1, 0.15) is 17.5 Å². The molecule has 1 atom stereocenters. The van der Waals surface area contributed by atoms with Crippen LogP contribution in [0, 0.1) is 17.8 Å². The van der Waals surface area contributed by atoms with Crippen molar-refractivity contribution in [2.24, 2.45) is 17.8 Å². The molecule has 2 aromatic heterocycles. The molecule has 0 unspecified atom stereocenters. The Labute approximate surface area is 267 Å². The molecule has 6 rings (SSSR count). The molecule has 1 saturated carbocycles. The number of alkyl halides is 3. The fraction of sp³-hybridized carbons (Fsp3) is 0.613. The highest BCUT2D eigenvalue weighted by Crippen LogP contribution is 2.42. The first-order chi connectivity index (χ1) is 21.7. The lowest BCUT2D eigenvalue weighted by Gasteiger charge is -2.34. The number of halogens is 3. The molecule has 5 heterocycles. The van der Waals surface area contributed by atoms with Gasteiger partial charge in [0.25, 0.3) is 15.9 Å². The summed E-state index contributed by atoms with van der Waals surface area (Å²) in [6, 6.07) is 7.32. The Morgan fingerprint density at radius 1 is 1.00 bits per heavy atom. The van der Waals surface area contributed by atoms with Crippen LogP contribution in [-0.4, -0.2) is 79.7 Å². The SMILES string of the molecule is CC1(C)C[C@@H]2CCCNc3cccc(n3)S(=O)(=O)NC(=O)c3ccc(N4CCN(CC5CCC(C(F)(F)F)CC5)C4=O)nc3N1C2. The second kappa shape index (κ2) is 12.2. The third-order valence-corrected chi connectivity index (χ3v) is 11.0. The number of nitrogens with one attached hydrogen (secondary N) is 2. The van der Waals surface area contributed by atoms with E-state index >= 15 is 0 Å². The molecule has 0 radical (unpaired) electrons. The molecule has 0 aromatic carbocycles. The number of rotatable bonds is 3. The molecular formula is C31H40F3N7O4S. The van der Waals surface area contributed by atoms with Crippen molar-refractivity contribution in [2.45, 2.75) is 75.5 Å². The average Bonchev–Trinajstić information content (AvgIpc) is 3.51. The summed E-state index contributed by atoms with van der Waals surface area (Å²) in [5.74, 6) is -0.800. The van der Waals surface area contributed by atoms with Crippen LogP contribution in [0.2, 0.25) is 0 Å². The molecular weight excluding hydrogens is 623 g/mol. The minimum absolute atomic E-state index is 0.00259. The fourth-order valence-corrected chi connectivity index (χ4v) is 8.31. The number of aromatic nitrogens is 2. The first-order valence-corrected chi connectivity index (χ1v) is 17.4. The lowest BCUT2D eigenvalue weighted by Crippen LogP contribution is -2.41. The fourth-order valence-electron chi connectivity index (χ4n) is 7.37. The van der Waals surface area contributed by atoms with Crippen LogP contribution in [0.15, 0.2) is 35.4 Å². The van der Waals surface area contributed by atoms with Crippen molar-refractivity contribution in [3.8, 4) is 0 Å². The molecule has 3 fully saturated rings. The van der Waals surface area contributed by atoms with E-state index in [0.717, 1.165) is 19.3 Å². The van der Waals surface area contributed by atoms with Gasteiger partial charge < -0.3 is 15.1 Å². The van der Waals surface area contributed by atoms with Gasteiger partial charge in [-0.15, -0.1) is 0 Å². The maximum Gasteiger partial charge on any atom is 0.391 e. The minimum Gasteiger partial charge on any atom is -0.370 e. The van der Waals surface area contributed by atoms with Gasteiger partial charge in [-0.1, -0.05) is 6.07 Å². The molecule has 250 valence electrons. The average molecular weight is 664 g/mol. The van der Waals surface area contributed by atoms with E-state index in [0.29, 0.717) is 68.9 Å². The third kappa shape index (κ3) is 6.60. The third-order valence-electron chi connectivity index (χ3n) is 9.80. The zero-order chi connectivity index (χ0) is 32.9. The van der Waals surface area contributed by atoms with Crippen molar-refractivity contribution in [3.63, 3.8) is 0 Å². The lowest BCUT2D eigenvalue weighted by atomic mass is 9.81. The maximum atomic E-state index is 13.6. The molecule has 3 aliphatic heterocycles. The number of anilines is 3. The number of pyridine rings is 2. The Morgan fingerprint density at radius 3 is 2.50 bits per heavy atom. The highest BCUT2D eigenvalue weighted by molar-refractivity contribution is 7.90. The van der Waals surface area contributed by atoms with Crippen LogP contribution >= 0.6 is 0 Å². The Kier molecular flexibility index (Phi) is 8.57. The van der Waals surface area contributed by atoms with Gasteiger partial charge >= 0.3 is 12.2 Å². The number of amides is 3. The Morgan fingerprint density at radius 2 is 1.76 bits per heavy atom. The zero-order valence-electron chi connectivity index (χ0n) is 26.0. The van der Waals surface area contributed by atoms with Crippen LogP contribution in [0.25, 0.3) is 0 Å². The number of hydrogen-bond donors (Lipinski definition) is 2. The first-order valence-electron chi connectivity index (χ1n) is 15.9. The second-order valence-corrected chi connectivity index (χ2v) is 15.2. The normalized spacial score (nSPS) is 26.5. The van der Waals surface area contributed by atoms with Gasteiger partial charge in [-0.25, -0.2) is 19.5 Å². The summed E-state index contributed by atoms with van der Waals surface area (Å²) in [5.41, 5.74) is -0.341. The minimum atomic E-state index is -4.31. The summed E-state index contributed by atoms with van der Waals surface area (Å²) in [6.45, 7) is 6.46. The topological polar surface area (TPSA) is 128 Å².